The van der Waals surface area contributed by atoms with Crippen molar-refractivity contribution < 1.29 is 9.72 Å². The van der Waals surface area contributed by atoms with Crippen LogP contribution < -0.4 is 5.32 Å². The Hall–Kier alpha value is -1.73. The van der Waals surface area contributed by atoms with Gasteiger partial charge in [-0.3, -0.25) is 14.9 Å². The second-order valence-electron chi connectivity index (χ2n) is 3.92. The number of carbonyl (C=O) groups is 1. The topological polar surface area (TPSA) is 72.2 Å². The number of non-ortho nitro benzene ring substituents is 1. The van der Waals surface area contributed by atoms with Crippen molar-refractivity contribution in [1.29, 1.82) is 0 Å². The third-order valence-corrected chi connectivity index (χ3v) is 3.38. The molecule has 0 spiro atoms. The summed E-state index contributed by atoms with van der Waals surface area (Å²) in [6.07, 6.45) is 0. The van der Waals surface area contributed by atoms with Crippen LogP contribution in [0.1, 0.15) is 10.4 Å². The molecule has 0 saturated carbocycles. The predicted molar refractivity (Wildman–Crippen MR) is 82.9 cm³/mol. The highest BCUT2D eigenvalue weighted by Gasteiger charge is 2.09. The molecular weight excluding hydrogens is 392 g/mol. The maximum Gasteiger partial charge on any atom is 0.269 e. The number of halogens is 2. The molecule has 0 saturated heterocycles. The molecule has 0 aliphatic carbocycles. The number of hydrogen-bond acceptors (Lipinski definition) is 3. The van der Waals surface area contributed by atoms with Gasteiger partial charge in [-0.25, -0.2) is 0 Å². The summed E-state index contributed by atoms with van der Waals surface area (Å²) in [6.45, 7) is 0. The Morgan fingerprint density at radius 2 is 1.60 bits per heavy atom. The van der Waals surface area contributed by atoms with Crippen LogP contribution in [0.25, 0.3) is 0 Å². The van der Waals surface area contributed by atoms with Crippen LogP contribution in [0.3, 0.4) is 0 Å². The van der Waals surface area contributed by atoms with Crippen LogP contribution in [-0.2, 0) is 0 Å². The predicted octanol–water partition coefficient (Wildman–Crippen LogP) is 4.37. The normalized spacial score (nSPS) is 10.1. The first kappa shape index (κ1) is 14.7. The number of benzene rings is 2. The fourth-order valence-electron chi connectivity index (χ4n) is 1.55. The first-order chi connectivity index (χ1) is 9.45. The highest BCUT2D eigenvalue weighted by atomic mass is 79.9. The lowest BCUT2D eigenvalue weighted by Gasteiger charge is -2.06. The summed E-state index contributed by atoms with van der Waals surface area (Å²) in [5.41, 5.74) is 0.953. The van der Waals surface area contributed by atoms with Crippen LogP contribution in [0.4, 0.5) is 11.4 Å². The van der Waals surface area contributed by atoms with Crippen molar-refractivity contribution >= 4 is 49.1 Å². The molecule has 0 aromatic heterocycles. The Balaban J connectivity index is 2.16. The van der Waals surface area contributed by atoms with Crippen LogP contribution in [-0.4, -0.2) is 10.8 Å². The van der Waals surface area contributed by atoms with E-state index in [-0.39, 0.29) is 11.6 Å². The number of anilines is 1. The van der Waals surface area contributed by atoms with E-state index in [1.54, 1.807) is 12.1 Å². The van der Waals surface area contributed by atoms with Gasteiger partial charge in [-0.1, -0.05) is 31.9 Å². The highest BCUT2D eigenvalue weighted by Crippen LogP contribution is 2.21. The lowest BCUT2D eigenvalue weighted by Crippen LogP contribution is -2.11. The van der Waals surface area contributed by atoms with Gasteiger partial charge in [0.1, 0.15) is 0 Å². The minimum Gasteiger partial charge on any atom is -0.322 e. The van der Waals surface area contributed by atoms with E-state index in [1.165, 1.54) is 24.3 Å². The average Bonchev–Trinajstić information content (AvgIpc) is 2.38. The number of rotatable bonds is 3. The molecule has 1 N–H and O–H groups in total. The molecule has 7 heteroatoms. The van der Waals surface area contributed by atoms with Crippen molar-refractivity contribution in [3.63, 3.8) is 0 Å². The third-order valence-electron chi connectivity index (χ3n) is 2.46. The number of carbonyl (C=O) groups excluding carboxylic acids is 1. The Bertz CT molecular complexity index is 652. The van der Waals surface area contributed by atoms with Crippen molar-refractivity contribution in [2.24, 2.45) is 0 Å². The van der Waals surface area contributed by atoms with E-state index in [0.717, 1.165) is 8.95 Å². The molecular formula is C13H8Br2N2O3. The molecule has 0 bridgehead atoms. The van der Waals surface area contributed by atoms with Crippen LogP contribution >= 0.6 is 31.9 Å². The molecule has 1 amide bonds. The van der Waals surface area contributed by atoms with Gasteiger partial charge < -0.3 is 5.32 Å². The molecule has 0 aliphatic heterocycles. The summed E-state index contributed by atoms with van der Waals surface area (Å²) in [7, 11) is 0. The smallest absolute Gasteiger partial charge is 0.269 e. The average molecular weight is 400 g/mol. The molecule has 0 fully saturated rings. The molecule has 2 aromatic rings. The number of hydrogen-bond donors (Lipinski definition) is 1. The monoisotopic (exact) mass is 398 g/mol. The molecule has 0 radical (unpaired) electrons. The highest BCUT2D eigenvalue weighted by molar-refractivity contribution is 9.11. The van der Waals surface area contributed by atoms with Gasteiger partial charge in [0.05, 0.1) is 4.92 Å². The second kappa shape index (κ2) is 6.15. The summed E-state index contributed by atoms with van der Waals surface area (Å²) in [6, 6.07) is 10.9. The van der Waals surface area contributed by atoms with Crippen molar-refractivity contribution in [2.75, 3.05) is 5.32 Å². The van der Waals surface area contributed by atoms with Crippen molar-refractivity contribution in [3.8, 4) is 0 Å². The Morgan fingerprint density at radius 3 is 2.10 bits per heavy atom. The fourth-order valence-corrected chi connectivity index (χ4v) is 2.85. The minimum absolute atomic E-state index is 0.0202. The maximum absolute atomic E-state index is 12.1. The third kappa shape index (κ3) is 3.64. The summed E-state index contributed by atoms with van der Waals surface area (Å²) in [5.74, 6) is -0.291. The van der Waals surface area contributed by atoms with E-state index in [9.17, 15) is 14.9 Å². The molecule has 20 heavy (non-hydrogen) atoms. The second-order valence-corrected chi connectivity index (χ2v) is 5.75. The Morgan fingerprint density at radius 1 is 1.05 bits per heavy atom. The zero-order valence-electron chi connectivity index (χ0n) is 9.97. The van der Waals surface area contributed by atoms with Gasteiger partial charge in [0, 0.05) is 32.3 Å². The molecule has 0 atom stereocenters. The van der Waals surface area contributed by atoms with Gasteiger partial charge in [0.2, 0.25) is 0 Å². The Kier molecular flexibility index (Phi) is 4.51. The zero-order valence-corrected chi connectivity index (χ0v) is 13.1. The van der Waals surface area contributed by atoms with E-state index in [2.05, 4.69) is 37.2 Å². The van der Waals surface area contributed by atoms with Crippen LogP contribution in [0.15, 0.2) is 51.4 Å². The van der Waals surface area contributed by atoms with Gasteiger partial charge in [-0.15, -0.1) is 0 Å². The number of amides is 1. The molecule has 2 aromatic carbocycles. The molecule has 5 nitrogen and oxygen atoms in total. The van der Waals surface area contributed by atoms with Crippen LogP contribution in [0.2, 0.25) is 0 Å². The van der Waals surface area contributed by atoms with E-state index in [1.807, 2.05) is 6.07 Å². The molecule has 102 valence electrons. The summed E-state index contributed by atoms with van der Waals surface area (Å²) < 4.78 is 1.56. The zero-order chi connectivity index (χ0) is 14.7. The SMILES string of the molecule is O=C(Nc1ccc([N+](=O)[O-])cc1)c1cc(Br)cc(Br)c1. The van der Waals surface area contributed by atoms with Gasteiger partial charge in [0.15, 0.2) is 0 Å². The molecule has 0 heterocycles. The quantitative estimate of drug-likeness (QED) is 0.615. The molecule has 2 rings (SSSR count). The van der Waals surface area contributed by atoms with E-state index in [4.69, 9.17) is 0 Å². The molecule has 0 unspecified atom stereocenters. The fraction of sp³-hybridized carbons (Fsp3) is 0. The van der Waals surface area contributed by atoms with Crippen LogP contribution in [0, 0.1) is 10.1 Å². The maximum atomic E-state index is 12.1. The lowest BCUT2D eigenvalue weighted by molar-refractivity contribution is -0.384. The summed E-state index contributed by atoms with van der Waals surface area (Å²) >= 11 is 6.61. The number of nitrogens with zero attached hydrogens (tertiary/aromatic N) is 1. The van der Waals surface area contributed by atoms with Gasteiger partial charge >= 0.3 is 0 Å². The summed E-state index contributed by atoms with van der Waals surface area (Å²) in [4.78, 5) is 22.1. The first-order valence-corrected chi connectivity index (χ1v) is 7.06. The van der Waals surface area contributed by atoms with E-state index < -0.39 is 4.92 Å². The van der Waals surface area contributed by atoms with Gasteiger partial charge in [-0.05, 0) is 30.3 Å². The Labute approximate surface area is 131 Å². The largest absolute Gasteiger partial charge is 0.322 e. The van der Waals surface area contributed by atoms with Crippen molar-refractivity contribution in [2.45, 2.75) is 0 Å². The van der Waals surface area contributed by atoms with Crippen LogP contribution in [0.5, 0.6) is 0 Å². The number of nitro groups is 1. The molecule has 0 aliphatic rings. The minimum atomic E-state index is -0.489. The summed E-state index contributed by atoms with van der Waals surface area (Å²) in [5, 5.41) is 13.2. The van der Waals surface area contributed by atoms with E-state index >= 15 is 0 Å². The van der Waals surface area contributed by atoms with Gasteiger partial charge in [-0.2, -0.15) is 0 Å². The number of nitro benzene ring substituents is 1. The van der Waals surface area contributed by atoms with Crippen molar-refractivity contribution in [3.05, 3.63) is 67.1 Å². The number of nitrogens with one attached hydrogen (secondary N) is 1. The standard InChI is InChI=1S/C13H8Br2N2O3/c14-9-5-8(6-10(15)7-9)13(18)16-11-1-3-12(4-2-11)17(19)20/h1-7H,(H,16,18). The van der Waals surface area contributed by atoms with Gasteiger partial charge in [0.25, 0.3) is 11.6 Å². The first-order valence-electron chi connectivity index (χ1n) is 5.47. The van der Waals surface area contributed by atoms with Crippen molar-refractivity contribution in [1.82, 2.24) is 0 Å². The lowest BCUT2D eigenvalue weighted by atomic mass is 10.2. The van der Waals surface area contributed by atoms with E-state index in [0.29, 0.717) is 11.3 Å².